The van der Waals surface area contributed by atoms with Gasteiger partial charge in [0.15, 0.2) is 0 Å². The highest BCUT2D eigenvalue weighted by atomic mass is 28.3. The second kappa shape index (κ2) is 5.10. The van der Waals surface area contributed by atoms with Crippen molar-refractivity contribution in [3.05, 3.63) is 51.4 Å². The minimum Gasteiger partial charge on any atom is -0.0750 e. The third-order valence-corrected chi connectivity index (χ3v) is 8.39. The lowest BCUT2D eigenvalue weighted by Crippen LogP contribution is -2.44. The Kier molecular flexibility index (Phi) is 3.48. The molecule has 0 N–H and O–H groups in total. The van der Waals surface area contributed by atoms with E-state index in [1.807, 2.05) is 0 Å². The van der Waals surface area contributed by atoms with Gasteiger partial charge in [0.05, 0.1) is 8.07 Å². The van der Waals surface area contributed by atoms with Gasteiger partial charge in [0.25, 0.3) is 0 Å². The number of benzene rings is 1. The fraction of sp³-hybridized carbons (Fsp3) is 0.500. The Morgan fingerprint density at radius 2 is 1.64 bits per heavy atom. The van der Waals surface area contributed by atoms with Gasteiger partial charge in [-0.15, -0.1) is 0 Å². The first-order valence-corrected chi connectivity index (χ1v) is 13.3. The summed E-state index contributed by atoms with van der Waals surface area (Å²) in [5, 5.41) is 4.56. The van der Waals surface area contributed by atoms with E-state index in [0.29, 0.717) is 5.41 Å². The molecule has 0 spiro atoms. The molecule has 0 nitrogen and oxygen atoms in total. The molecule has 3 aliphatic carbocycles. The third kappa shape index (κ3) is 2.72. The summed E-state index contributed by atoms with van der Waals surface area (Å²) < 4.78 is 0. The van der Waals surface area contributed by atoms with Crippen LogP contribution in [0.4, 0.5) is 0 Å². The van der Waals surface area contributed by atoms with Crippen LogP contribution >= 0.6 is 0 Å². The quantitative estimate of drug-likeness (QED) is 0.648. The fourth-order valence-corrected chi connectivity index (χ4v) is 6.18. The van der Waals surface area contributed by atoms with Crippen molar-refractivity contribution in [3.63, 3.8) is 0 Å². The number of hydrogen-bond donors (Lipinski definition) is 0. The van der Waals surface area contributed by atoms with Crippen LogP contribution in [0.1, 0.15) is 47.0 Å². The molecule has 0 unspecified atom stereocenters. The largest absolute Gasteiger partial charge is 0.0776 e. The van der Waals surface area contributed by atoms with Crippen LogP contribution in [0.2, 0.25) is 19.6 Å². The summed E-state index contributed by atoms with van der Waals surface area (Å²) in [6.45, 7) is 17.0. The van der Waals surface area contributed by atoms with Crippen LogP contribution in [-0.4, -0.2) is 8.07 Å². The maximum Gasteiger partial charge on any atom is 0.0776 e. The molecule has 0 radical (unpaired) electrons. The molecule has 0 fully saturated rings. The molecule has 0 aromatic heterocycles. The van der Waals surface area contributed by atoms with Crippen molar-refractivity contribution in [2.75, 3.05) is 0 Å². The van der Waals surface area contributed by atoms with E-state index in [4.69, 9.17) is 0 Å². The Bertz CT molecular complexity index is 943. The topological polar surface area (TPSA) is 0 Å². The summed E-state index contributed by atoms with van der Waals surface area (Å²) in [5.41, 5.74) is 7.06. The summed E-state index contributed by atoms with van der Waals surface area (Å²) in [6.07, 6.45) is 8.76. The van der Waals surface area contributed by atoms with Crippen molar-refractivity contribution in [1.29, 1.82) is 0 Å². The van der Waals surface area contributed by atoms with Gasteiger partial charge < -0.3 is 0 Å². The van der Waals surface area contributed by atoms with Crippen molar-refractivity contribution >= 4 is 24.9 Å². The second-order valence-electron chi connectivity index (χ2n) is 10.6. The predicted molar refractivity (Wildman–Crippen MR) is 113 cm³/mol. The van der Waals surface area contributed by atoms with Crippen molar-refractivity contribution in [2.24, 2.45) is 10.8 Å². The van der Waals surface area contributed by atoms with Crippen molar-refractivity contribution in [1.82, 2.24) is 0 Å². The van der Waals surface area contributed by atoms with Gasteiger partial charge in [-0.3, -0.25) is 0 Å². The fourth-order valence-electron chi connectivity index (χ4n) is 5.02. The Hall–Kier alpha value is -1.34. The van der Waals surface area contributed by atoms with Crippen LogP contribution in [0.5, 0.6) is 0 Å². The minimum absolute atomic E-state index is 0.148. The standard InChI is InChI=1S/C24H32Si/c1-23(2)11-10-19-17(14-23)12-21-20-13-18(25(5,6)7)9-8-16(20)15-24(3,4)22(19)21/h8-9,13-15H,10-12H2,1-7H3. The molecule has 0 amide bonds. The molecule has 1 aromatic rings. The maximum atomic E-state index is 2.57. The second-order valence-corrected chi connectivity index (χ2v) is 15.7. The summed E-state index contributed by atoms with van der Waals surface area (Å²) in [5.74, 6) is 0. The van der Waals surface area contributed by atoms with Gasteiger partial charge in [-0.05, 0) is 57.4 Å². The molecule has 0 atom stereocenters. The van der Waals surface area contributed by atoms with E-state index in [1.165, 1.54) is 23.3 Å². The molecule has 0 saturated carbocycles. The highest BCUT2D eigenvalue weighted by Gasteiger charge is 2.38. The van der Waals surface area contributed by atoms with Crippen LogP contribution in [0.15, 0.2) is 41.0 Å². The van der Waals surface area contributed by atoms with Crippen LogP contribution < -0.4 is 15.6 Å². The zero-order valence-electron chi connectivity index (χ0n) is 17.0. The zero-order chi connectivity index (χ0) is 18.2. The monoisotopic (exact) mass is 348 g/mol. The first kappa shape index (κ1) is 17.1. The van der Waals surface area contributed by atoms with Gasteiger partial charge in [-0.25, -0.2) is 0 Å². The number of rotatable bonds is 1. The molecule has 0 heterocycles. The molecule has 1 heteroatoms. The number of hydrogen-bond acceptors (Lipinski definition) is 0. The van der Waals surface area contributed by atoms with E-state index in [1.54, 1.807) is 27.5 Å². The van der Waals surface area contributed by atoms with Crippen molar-refractivity contribution in [2.45, 2.75) is 66.6 Å². The highest BCUT2D eigenvalue weighted by Crippen LogP contribution is 2.52. The third-order valence-electron chi connectivity index (χ3n) is 6.35. The van der Waals surface area contributed by atoms with Crippen LogP contribution in [0.3, 0.4) is 0 Å². The van der Waals surface area contributed by atoms with Crippen LogP contribution in [0.25, 0.3) is 11.6 Å². The summed E-state index contributed by atoms with van der Waals surface area (Å²) >= 11 is 0. The molecule has 25 heavy (non-hydrogen) atoms. The minimum atomic E-state index is -1.29. The van der Waals surface area contributed by atoms with Crippen molar-refractivity contribution < 1.29 is 0 Å². The SMILES string of the molecule is CC1(C)C=C2CC3=c4cc([Si](C)(C)C)ccc4=CC(C)(C)C3=C2CC1. The molecule has 4 rings (SSSR count). The lowest BCUT2D eigenvalue weighted by molar-refractivity contribution is 0.420. The van der Waals surface area contributed by atoms with E-state index in [-0.39, 0.29) is 5.41 Å². The molecule has 132 valence electrons. The Morgan fingerprint density at radius 3 is 2.32 bits per heavy atom. The Labute approximate surface area is 154 Å². The summed E-state index contributed by atoms with van der Waals surface area (Å²) in [7, 11) is -1.29. The number of allylic oxidation sites excluding steroid dienone is 4. The first-order valence-electron chi connectivity index (χ1n) is 9.81. The van der Waals surface area contributed by atoms with Gasteiger partial charge in [-0.1, -0.05) is 82.9 Å². The van der Waals surface area contributed by atoms with E-state index in [9.17, 15) is 0 Å². The van der Waals surface area contributed by atoms with Gasteiger partial charge >= 0.3 is 0 Å². The van der Waals surface area contributed by atoms with Gasteiger partial charge in [0, 0.05) is 5.41 Å². The van der Waals surface area contributed by atoms with Gasteiger partial charge in [-0.2, -0.15) is 0 Å². The normalized spacial score (nSPS) is 23.5. The summed E-state index contributed by atoms with van der Waals surface area (Å²) in [4.78, 5) is 0. The summed E-state index contributed by atoms with van der Waals surface area (Å²) in [6, 6.07) is 7.31. The molecular formula is C24H32Si. The van der Waals surface area contributed by atoms with E-state index < -0.39 is 8.07 Å². The zero-order valence-corrected chi connectivity index (χ0v) is 18.0. The Morgan fingerprint density at radius 1 is 0.920 bits per heavy atom. The molecule has 1 aromatic carbocycles. The van der Waals surface area contributed by atoms with Gasteiger partial charge in [0.1, 0.15) is 0 Å². The van der Waals surface area contributed by atoms with Crippen LogP contribution in [-0.2, 0) is 0 Å². The predicted octanol–water partition coefficient (Wildman–Crippen LogP) is 4.65. The lowest BCUT2D eigenvalue weighted by Gasteiger charge is -2.32. The molecule has 0 bridgehead atoms. The van der Waals surface area contributed by atoms with E-state index >= 15 is 0 Å². The maximum absolute atomic E-state index is 2.57. The van der Waals surface area contributed by atoms with Gasteiger partial charge in [0.2, 0.25) is 0 Å². The molecule has 0 saturated heterocycles. The van der Waals surface area contributed by atoms with Crippen molar-refractivity contribution in [3.8, 4) is 0 Å². The van der Waals surface area contributed by atoms with E-state index in [0.717, 1.165) is 6.42 Å². The smallest absolute Gasteiger partial charge is 0.0750 e. The molecule has 3 aliphatic rings. The first-order chi connectivity index (χ1) is 11.5. The average Bonchev–Trinajstić information content (AvgIpc) is 2.83. The highest BCUT2D eigenvalue weighted by molar-refractivity contribution is 6.88. The molecular weight excluding hydrogens is 316 g/mol. The van der Waals surface area contributed by atoms with E-state index in [2.05, 4.69) is 77.7 Å². The number of fused-ring (bicyclic) bond motifs is 3. The Balaban J connectivity index is 2.04. The van der Waals surface area contributed by atoms with Crippen LogP contribution in [0, 0.1) is 10.8 Å². The lowest BCUT2D eigenvalue weighted by atomic mass is 9.73. The molecule has 0 aliphatic heterocycles. The average molecular weight is 349 g/mol.